The van der Waals surface area contributed by atoms with E-state index in [0.29, 0.717) is 23.5 Å². The first kappa shape index (κ1) is 13.7. The van der Waals surface area contributed by atoms with Crippen molar-refractivity contribution < 1.29 is 14.6 Å². The van der Waals surface area contributed by atoms with Gasteiger partial charge in [-0.05, 0) is 35.9 Å². The lowest BCUT2D eigenvalue weighted by Crippen LogP contribution is -2.11. The number of rotatable bonds is 5. The Labute approximate surface area is 117 Å². The highest BCUT2D eigenvalue weighted by Gasteiger charge is 2.07. The molecule has 2 rings (SSSR count). The fourth-order valence-electron chi connectivity index (χ4n) is 1.81. The van der Waals surface area contributed by atoms with Crippen LogP contribution >= 0.6 is 0 Å². The third-order valence-electron chi connectivity index (χ3n) is 2.90. The number of hydrogen-bond acceptors (Lipinski definition) is 4. The van der Waals surface area contributed by atoms with E-state index in [-0.39, 0.29) is 5.75 Å². The Kier molecular flexibility index (Phi) is 4.10. The summed E-state index contributed by atoms with van der Waals surface area (Å²) in [6.45, 7) is 0.541. The zero-order valence-electron chi connectivity index (χ0n) is 11.1. The second-order valence-corrected chi connectivity index (χ2v) is 4.30. The van der Waals surface area contributed by atoms with Gasteiger partial charge in [0.05, 0.1) is 12.8 Å². The maximum atomic E-state index is 11.2. The molecule has 0 saturated heterocycles. The smallest absolute Gasteiger partial charge is 0.248 e. The van der Waals surface area contributed by atoms with Crippen LogP contribution < -0.4 is 15.8 Å². The van der Waals surface area contributed by atoms with E-state index in [1.165, 1.54) is 0 Å². The number of carbonyl (C=O) groups excluding carboxylic acids is 1. The van der Waals surface area contributed by atoms with Crippen LogP contribution in [-0.2, 0) is 6.54 Å². The molecule has 0 spiro atoms. The van der Waals surface area contributed by atoms with Crippen molar-refractivity contribution >= 4 is 11.6 Å². The molecule has 0 unspecified atom stereocenters. The third kappa shape index (κ3) is 3.20. The van der Waals surface area contributed by atoms with Crippen LogP contribution in [0.5, 0.6) is 11.5 Å². The van der Waals surface area contributed by atoms with Crippen molar-refractivity contribution in [1.82, 2.24) is 0 Å². The summed E-state index contributed by atoms with van der Waals surface area (Å²) in [5, 5.41) is 12.4. The molecule has 0 bridgehead atoms. The lowest BCUT2D eigenvalue weighted by molar-refractivity contribution is 0.100. The normalized spacial score (nSPS) is 10.1. The van der Waals surface area contributed by atoms with Gasteiger partial charge in [0.15, 0.2) is 0 Å². The minimum atomic E-state index is -0.486. The fraction of sp³-hybridized carbons (Fsp3) is 0.133. The van der Waals surface area contributed by atoms with Crippen molar-refractivity contribution in [3.05, 3.63) is 53.6 Å². The van der Waals surface area contributed by atoms with Crippen LogP contribution in [0.15, 0.2) is 42.5 Å². The van der Waals surface area contributed by atoms with E-state index in [0.717, 1.165) is 5.56 Å². The topological polar surface area (TPSA) is 84.6 Å². The first-order chi connectivity index (χ1) is 9.60. The molecule has 0 atom stereocenters. The Hall–Kier alpha value is -2.69. The van der Waals surface area contributed by atoms with E-state index in [2.05, 4.69) is 5.32 Å². The summed E-state index contributed by atoms with van der Waals surface area (Å²) < 4.78 is 5.23. The van der Waals surface area contributed by atoms with Gasteiger partial charge in [-0.2, -0.15) is 0 Å². The first-order valence-electron chi connectivity index (χ1n) is 6.10. The van der Waals surface area contributed by atoms with E-state index in [9.17, 15) is 9.90 Å². The highest BCUT2D eigenvalue weighted by molar-refractivity contribution is 5.94. The summed E-state index contributed by atoms with van der Waals surface area (Å²) in [5.74, 6) is 0.371. The van der Waals surface area contributed by atoms with E-state index in [1.807, 2.05) is 12.1 Å². The van der Waals surface area contributed by atoms with Crippen LogP contribution in [0.25, 0.3) is 0 Å². The maximum Gasteiger partial charge on any atom is 0.248 e. The fourth-order valence-corrected chi connectivity index (χ4v) is 1.81. The Bertz CT molecular complexity index is 609. The number of amides is 1. The predicted molar refractivity (Wildman–Crippen MR) is 76.9 cm³/mol. The molecular formula is C15H16N2O3. The molecule has 0 aliphatic heterocycles. The van der Waals surface area contributed by atoms with Crippen LogP contribution in [0.3, 0.4) is 0 Å². The van der Waals surface area contributed by atoms with Crippen molar-refractivity contribution in [2.45, 2.75) is 6.54 Å². The van der Waals surface area contributed by atoms with E-state index in [4.69, 9.17) is 10.5 Å². The third-order valence-corrected chi connectivity index (χ3v) is 2.90. The Morgan fingerprint density at radius 1 is 1.25 bits per heavy atom. The molecule has 1 amide bonds. The molecule has 2 aromatic carbocycles. The Balaban J connectivity index is 2.16. The second kappa shape index (κ2) is 5.97. The van der Waals surface area contributed by atoms with Gasteiger partial charge in [-0.1, -0.05) is 12.1 Å². The molecule has 2 aromatic rings. The first-order valence-corrected chi connectivity index (χ1v) is 6.10. The minimum absolute atomic E-state index is 0.224. The zero-order valence-corrected chi connectivity index (χ0v) is 11.1. The van der Waals surface area contributed by atoms with Gasteiger partial charge in [-0.25, -0.2) is 0 Å². The van der Waals surface area contributed by atoms with Crippen LogP contribution in [0.4, 0.5) is 5.69 Å². The number of benzene rings is 2. The number of ether oxygens (including phenoxy) is 1. The molecular weight excluding hydrogens is 256 g/mol. The average molecular weight is 272 g/mol. The van der Waals surface area contributed by atoms with Gasteiger partial charge < -0.3 is 20.9 Å². The highest BCUT2D eigenvalue weighted by atomic mass is 16.5. The molecule has 20 heavy (non-hydrogen) atoms. The van der Waals surface area contributed by atoms with Crippen molar-refractivity contribution in [1.29, 1.82) is 0 Å². The summed E-state index contributed by atoms with van der Waals surface area (Å²) >= 11 is 0. The van der Waals surface area contributed by atoms with E-state index in [1.54, 1.807) is 37.4 Å². The molecule has 4 N–H and O–H groups in total. The van der Waals surface area contributed by atoms with Gasteiger partial charge in [-0.3, -0.25) is 4.79 Å². The van der Waals surface area contributed by atoms with Crippen molar-refractivity contribution in [2.75, 3.05) is 12.4 Å². The number of phenols is 1. The molecule has 0 radical (unpaired) electrons. The number of phenolic OH excluding ortho intramolecular Hbond substituents is 1. The van der Waals surface area contributed by atoms with Crippen LogP contribution in [0.1, 0.15) is 15.9 Å². The molecule has 0 fully saturated rings. The quantitative estimate of drug-likeness (QED) is 0.778. The molecule has 104 valence electrons. The lowest BCUT2D eigenvalue weighted by atomic mass is 10.1. The molecule has 0 aliphatic carbocycles. The van der Waals surface area contributed by atoms with Crippen LogP contribution in [-0.4, -0.2) is 18.1 Å². The molecule has 0 aliphatic rings. The van der Waals surface area contributed by atoms with Gasteiger partial charge >= 0.3 is 0 Å². The molecule has 0 saturated carbocycles. The number of hydrogen-bond donors (Lipinski definition) is 3. The molecule has 0 aromatic heterocycles. The van der Waals surface area contributed by atoms with Crippen LogP contribution in [0.2, 0.25) is 0 Å². The number of aromatic hydroxyl groups is 1. The van der Waals surface area contributed by atoms with Crippen molar-refractivity contribution in [3.8, 4) is 11.5 Å². The number of anilines is 1. The van der Waals surface area contributed by atoms with Crippen molar-refractivity contribution in [2.24, 2.45) is 5.73 Å². The summed E-state index contributed by atoms with van der Waals surface area (Å²) in [4.78, 5) is 11.2. The summed E-state index contributed by atoms with van der Waals surface area (Å²) in [5.41, 5.74) is 7.36. The number of methoxy groups -OCH3 is 1. The van der Waals surface area contributed by atoms with Gasteiger partial charge in [0.1, 0.15) is 11.5 Å². The van der Waals surface area contributed by atoms with Gasteiger partial charge in [0.25, 0.3) is 0 Å². The van der Waals surface area contributed by atoms with Crippen LogP contribution in [0, 0.1) is 0 Å². The Morgan fingerprint density at radius 3 is 2.55 bits per heavy atom. The second-order valence-electron chi connectivity index (χ2n) is 4.30. The molecule has 0 heterocycles. The number of nitrogens with two attached hydrogens (primary N) is 1. The lowest BCUT2D eigenvalue weighted by Gasteiger charge is -2.12. The molecule has 5 heteroatoms. The SMILES string of the molecule is COc1ccc(C(N)=O)cc1NCc1ccc(O)cc1. The monoisotopic (exact) mass is 272 g/mol. The molecule has 5 nitrogen and oxygen atoms in total. The zero-order chi connectivity index (χ0) is 14.5. The number of primary amides is 1. The van der Waals surface area contributed by atoms with E-state index < -0.39 is 5.91 Å². The van der Waals surface area contributed by atoms with Gasteiger partial charge in [0.2, 0.25) is 5.91 Å². The maximum absolute atomic E-state index is 11.2. The summed E-state index contributed by atoms with van der Waals surface area (Å²) in [6, 6.07) is 11.8. The number of nitrogens with one attached hydrogen (secondary N) is 1. The standard InChI is InChI=1S/C15H16N2O3/c1-20-14-7-4-11(15(16)19)8-13(14)17-9-10-2-5-12(18)6-3-10/h2-8,17-18H,9H2,1H3,(H2,16,19). The largest absolute Gasteiger partial charge is 0.508 e. The average Bonchev–Trinajstić information content (AvgIpc) is 2.46. The van der Waals surface area contributed by atoms with Crippen molar-refractivity contribution in [3.63, 3.8) is 0 Å². The summed E-state index contributed by atoms with van der Waals surface area (Å²) in [7, 11) is 1.56. The predicted octanol–water partition coefficient (Wildman–Crippen LogP) is 2.11. The van der Waals surface area contributed by atoms with Gasteiger partial charge in [-0.15, -0.1) is 0 Å². The Morgan fingerprint density at radius 2 is 1.95 bits per heavy atom. The highest BCUT2D eigenvalue weighted by Crippen LogP contribution is 2.26. The summed E-state index contributed by atoms with van der Waals surface area (Å²) in [6.07, 6.45) is 0. The number of carbonyl (C=O) groups is 1. The van der Waals surface area contributed by atoms with Gasteiger partial charge in [0, 0.05) is 12.1 Å². The van der Waals surface area contributed by atoms with E-state index >= 15 is 0 Å². The minimum Gasteiger partial charge on any atom is -0.508 e.